The van der Waals surface area contributed by atoms with Crippen molar-refractivity contribution >= 4 is 24.4 Å². The number of hydrogen-bond acceptors (Lipinski definition) is 6. The molecule has 0 saturated heterocycles. The quantitative estimate of drug-likeness (QED) is 0.0579. The highest BCUT2D eigenvalue weighted by Gasteiger charge is 2.37. The molecule has 0 aliphatic heterocycles. The minimum atomic E-state index is -1.45. The van der Waals surface area contributed by atoms with Crippen molar-refractivity contribution < 1.29 is 29.4 Å². The van der Waals surface area contributed by atoms with Gasteiger partial charge in [-0.25, -0.2) is 9.59 Å². The van der Waals surface area contributed by atoms with E-state index in [0.29, 0.717) is 18.8 Å². The minimum Gasteiger partial charge on any atom is -0.465 e. The molecule has 2 aromatic rings. The second kappa shape index (κ2) is 21.9. The van der Waals surface area contributed by atoms with E-state index in [0.717, 1.165) is 81.7 Å². The Morgan fingerprint density at radius 3 is 1.72 bits per heavy atom. The first-order valence-electron chi connectivity index (χ1n) is 17.1. The minimum absolute atomic E-state index is 0.0156. The van der Waals surface area contributed by atoms with Crippen molar-refractivity contribution in [2.45, 2.75) is 109 Å². The fourth-order valence-corrected chi connectivity index (χ4v) is 6.09. The van der Waals surface area contributed by atoms with E-state index in [1.807, 2.05) is 55.6 Å². The average Bonchev–Trinajstić information content (AvgIpc) is 3.03. The molecule has 0 radical (unpaired) electrons. The van der Waals surface area contributed by atoms with Crippen LogP contribution in [0.5, 0.6) is 0 Å². The van der Waals surface area contributed by atoms with E-state index in [9.17, 15) is 29.4 Å². The van der Waals surface area contributed by atoms with Gasteiger partial charge in [0, 0.05) is 12.1 Å². The lowest BCUT2D eigenvalue weighted by molar-refractivity contribution is -0.124. The zero-order valence-corrected chi connectivity index (χ0v) is 28.4. The first-order chi connectivity index (χ1) is 22.5. The van der Waals surface area contributed by atoms with Gasteiger partial charge in [0.25, 0.3) is 0 Å². The summed E-state index contributed by atoms with van der Waals surface area (Å²) in [5, 5.41) is 29.9. The first-order valence-corrected chi connectivity index (χ1v) is 17.1. The molecule has 2 rings (SSSR count). The number of benzene rings is 2. The summed E-state index contributed by atoms with van der Waals surface area (Å²) in [7, 11) is 0. The van der Waals surface area contributed by atoms with Crippen LogP contribution in [0.25, 0.3) is 0 Å². The molecule has 3 amide bonds. The molecule has 10 heteroatoms. The van der Waals surface area contributed by atoms with E-state index in [1.54, 1.807) is 6.92 Å². The van der Waals surface area contributed by atoms with Crippen LogP contribution in [0.2, 0.25) is 0 Å². The molecule has 6 N–H and O–H groups in total. The summed E-state index contributed by atoms with van der Waals surface area (Å²) < 4.78 is 0. The van der Waals surface area contributed by atoms with Crippen LogP contribution in [0.15, 0.2) is 60.7 Å². The van der Waals surface area contributed by atoms with Crippen molar-refractivity contribution in [2.75, 3.05) is 13.1 Å². The highest BCUT2D eigenvalue weighted by Crippen LogP contribution is 2.28. The van der Waals surface area contributed by atoms with Crippen LogP contribution in [-0.4, -0.2) is 65.3 Å². The second-order valence-electron chi connectivity index (χ2n) is 13.1. The van der Waals surface area contributed by atoms with E-state index in [-0.39, 0.29) is 12.6 Å². The lowest BCUT2D eigenvalue weighted by Gasteiger charge is -2.40. The van der Waals surface area contributed by atoms with Gasteiger partial charge >= 0.3 is 12.2 Å². The number of hydrogen-bond donors (Lipinski definition) is 6. The van der Waals surface area contributed by atoms with Gasteiger partial charge in [-0.1, -0.05) is 126 Å². The smallest absolute Gasteiger partial charge is 0.411 e. The van der Waals surface area contributed by atoms with Gasteiger partial charge in [-0.05, 0) is 55.2 Å². The third kappa shape index (κ3) is 16.1. The lowest BCUT2D eigenvalue weighted by atomic mass is 9.78. The SMILES string of the molecule is CC(CNC(=O)O)[C@H](NC(CCCCCCCCCCN[C@H](C=O)C(C)C)(Cc1ccccc1)Cc1ccccc1)C(=O)NC(=O)O. The van der Waals surface area contributed by atoms with Gasteiger partial charge in [0.1, 0.15) is 6.29 Å². The Bertz CT molecular complexity index is 1150. The van der Waals surface area contributed by atoms with Crippen molar-refractivity contribution in [3.63, 3.8) is 0 Å². The zero-order chi connectivity index (χ0) is 34.5. The molecule has 1 unspecified atom stereocenters. The summed E-state index contributed by atoms with van der Waals surface area (Å²) in [5.74, 6) is -0.933. The fraction of sp³-hybridized carbons (Fsp3) is 0.568. The molecule has 10 nitrogen and oxygen atoms in total. The highest BCUT2D eigenvalue weighted by molar-refractivity contribution is 5.94. The molecular weight excluding hydrogens is 596 g/mol. The summed E-state index contributed by atoms with van der Waals surface area (Å²) in [6.07, 6.45) is 8.95. The van der Waals surface area contributed by atoms with Gasteiger partial charge in [-0.15, -0.1) is 0 Å². The van der Waals surface area contributed by atoms with Gasteiger partial charge in [-0.3, -0.25) is 15.4 Å². The van der Waals surface area contributed by atoms with Gasteiger partial charge in [-0.2, -0.15) is 0 Å². The fourth-order valence-electron chi connectivity index (χ4n) is 6.09. The van der Waals surface area contributed by atoms with E-state index in [2.05, 4.69) is 40.2 Å². The first kappa shape index (κ1) is 39.4. The molecule has 47 heavy (non-hydrogen) atoms. The summed E-state index contributed by atoms with van der Waals surface area (Å²) in [4.78, 5) is 47.2. The molecule has 2 aromatic carbocycles. The van der Waals surface area contributed by atoms with E-state index in [4.69, 9.17) is 0 Å². The van der Waals surface area contributed by atoms with E-state index < -0.39 is 35.6 Å². The molecular formula is C37H56N4O6. The average molecular weight is 653 g/mol. The number of aldehydes is 1. The molecule has 260 valence electrons. The topological polar surface area (TPSA) is 157 Å². The predicted molar refractivity (Wildman–Crippen MR) is 186 cm³/mol. The number of unbranched alkanes of at least 4 members (excludes halogenated alkanes) is 7. The van der Waals surface area contributed by atoms with Gasteiger partial charge in [0.15, 0.2) is 0 Å². The molecule has 0 aromatic heterocycles. The third-order valence-electron chi connectivity index (χ3n) is 8.72. The molecule has 0 saturated carbocycles. The number of rotatable bonds is 24. The molecule has 0 aliphatic rings. The molecule has 3 atom stereocenters. The summed E-state index contributed by atoms with van der Waals surface area (Å²) in [5.41, 5.74) is 1.57. The largest absolute Gasteiger partial charge is 0.465 e. The Kier molecular flexibility index (Phi) is 18.4. The number of carbonyl (C=O) groups is 4. The third-order valence-corrected chi connectivity index (χ3v) is 8.72. The Morgan fingerprint density at radius 2 is 1.26 bits per heavy atom. The summed E-state index contributed by atoms with van der Waals surface area (Å²) in [6.45, 7) is 6.68. The Hall–Kier alpha value is -3.76. The molecule has 0 heterocycles. The summed E-state index contributed by atoms with van der Waals surface area (Å²) >= 11 is 0. The predicted octanol–water partition coefficient (Wildman–Crippen LogP) is 6.19. The van der Waals surface area contributed by atoms with Crippen molar-refractivity contribution in [3.05, 3.63) is 71.8 Å². The molecule has 0 fully saturated rings. The highest BCUT2D eigenvalue weighted by atomic mass is 16.4. The number of amides is 3. The van der Waals surface area contributed by atoms with Crippen LogP contribution in [0.3, 0.4) is 0 Å². The van der Waals surface area contributed by atoms with Crippen LogP contribution < -0.4 is 21.3 Å². The number of carboxylic acid groups (broad SMARTS) is 2. The maximum absolute atomic E-state index is 13.3. The number of carbonyl (C=O) groups excluding carboxylic acids is 2. The van der Waals surface area contributed by atoms with Crippen LogP contribution in [-0.2, 0) is 22.4 Å². The van der Waals surface area contributed by atoms with Crippen LogP contribution >= 0.6 is 0 Å². The Morgan fingerprint density at radius 1 is 0.745 bits per heavy atom. The van der Waals surface area contributed by atoms with Gasteiger partial charge in [0.05, 0.1) is 12.1 Å². The maximum Gasteiger partial charge on any atom is 0.411 e. The lowest BCUT2D eigenvalue weighted by Crippen LogP contribution is -2.61. The molecule has 0 spiro atoms. The Labute approximate surface area is 280 Å². The van der Waals surface area contributed by atoms with Gasteiger partial charge in [0.2, 0.25) is 5.91 Å². The van der Waals surface area contributed by atoms with Gasteiger partial charge < -0.3 is 25.6 Å². The monoisotopic (exact) mass is 652 g/mol. The zero-order valence-electron chi connectivity index (χ0n) is 28.4. The van der Waals surface area contributed by atoms with E-state index >= 15 is 0 Å². The van der Waals surface area contributed by atoms with Crippen molar-refractivity contribution in [1.29, 1.82) is 0 Å². The second-order valence-corrected chi connectivity index (χ2v) is 13.1. The number of imide groups is 1. The van der Waals surface area contributed by atoms with Crippen molar-refractivity contribution in [1.82, 2.24) is 21.3 Å². The van der Waals surface area contributed by atoms with Crippen LogP contribution in [0.1, 0.15) is 89.7 Å². The molecule has 0 bridgehead atoms. The van der Waals surface area contributed by atoms with E-state index in [1.165, 1.54) is 0 Å². The normalized spacial score (nSPS) is 13.4. The number of nitrogens with one attached hydrogen (secondary N) is 4. The van der Waals surface area contributed by atoms with Crippen molar-refractivity contribution in [2.24, 2.45) is 11.8 Å². The molecule has 0 aliphatic carbocycles. The van der Waals surface area contributed by atoms with Crippen LogP contribution in [0.4, 0.5) is 9.59 Å². The van der Waals surface area contributed by atoms with Crippen molar-refractivity contribution in [3.8, 4) is 0 Å². The van der Waals surface area contributed by atoms with Crippen LogP contribution in [0, 0.1) is 11.8 Å². The maximum atomic E-state index is 13.3. The standard InChI is InChI=1S/C37H56N4O6/c1-28(2)32(27-42)38-23-17-9-7-5-4-6-8-16-22-37(24-30-18-12-10-13-19-30,25-31-20-14-11-15-21-31)41-33(34(43)40-36(46)47)29(3)26-39-35(44)45/h10-15,18-21,27-29,32-33,38-39,41H,4-9,16-17,22-26H2,1-3H3,(H,40,43)(H,44,45)(H,46,47)/t29?,32-,33+/m1/s1. The Balaban J connectivity index is 2.14. The summed E-state index contributed by atoms with van der Waals surface area (Å²) in [6, 6.07) is 19.0.